The molecule has 0 bridgehead atoms. The van der Waals surface area contributed by atoms with E-state index in [1.165, 1.54) is 0 Å². The van der Waals surface area contributed by atoms with Gasteiger partial charge >= 0.3 is 25.9 Å². The van der Waals surface area contributed by atoms with Crippen molar-refractivity contribution >= 4 is 0 Å². The van der Waals surface area contributed by atoms with E-state index in [-0.39, 0.29) is 10.8 Å². The third kappa shape index (κ3) is 13.2. The second kappa shape index (κ2) is 23.4. The van der Waals surface area contributed by atoms with Crippen molar-refractivity contribution in [2.24, 2.45) is 5.92 Å². The molecule has 0 saturated heterocycles. The summed E-state index contributed by atoms with van der Waals surface area (Å²) in [5, 5.41) is 0. The molecule has 0 N–H and O–H groups in total. The monoisotopic (exact) mass is 764 g/mol. The lowest BCUT2D eigenvalue weighted by atomic mass is 9.60. The number of benzene rings is 2. The number of hydrogen-bond acceptors (Lipinski definition) is 12. The van der Waals surface area contributed by atoms with E-state index >= 15 is 0 Å². The maximum Gasteiger partial charge on any atom is 0.316 e. The molecule has 1 fully saturated rings. The van der Waals surface area contributed by atoms with Crippen LogP contribution >= 0.6 is 0 Å². The zero-order valence-corrected chi connectivity index (χ0v) is 34.7. The molecular weight excluding hydrogens is 696 g/mol. The Labute approximate surface area is 324 Å². The largest absolute Gasteiger partial charge is 0.437 e. The third-order valence-electron chi connectivity index (χ3n) is 9.75. The average molecular weight is 765 g/mol. The molecule has 0 atom stereocenters. The zero-order chi connectivity index (χ0) is 39.6. The van der Waals surface area contributed by atoms with E-state index in [9.17, 15) is 0 Å². The van der Waals surface area contributed by atoms with E-state index in [1.54, 1.807) is 0 Å². The van der Waals surface area contributed by atoms with Crippen LogP contribution in [0.3, 0.4) is 0 Å². The van der Waals surface area contributed by atoms with Crippen molar-refractivity contribution in [2.75, 3.05) is 52.9 Å². The fourth-order valence-corrected chi connectivity index (χ4v) is 6.64. The Morgan fingerprint density at radius 2 is 0.833 bits per heavy atom. The zero-order valence-electron chi connectivity index (χ0n) is 34.7. The highest BCUT2D eigenvalue weighted by Gasteiger charge is 2.40. The summed E-state index contributed by atoms with van der Waals surface area (Å²) in [5.74, 6) is 2.38. The van der Waals surface area contributed by atoms with Gasteiger partial charge in [-0.05, 0) is 133 Å². The summed E-state index contributed by atoms with van der Waals surface area (Å²) in [7, 11) is 0. The van der Waals surface area contributed by atoms with Crippen LogP contribution in [0, 0.1) is 5.92 Å². The Balaban J connectivity index is 1.89. The van der Waals surface area contributed by atoms with Gasteiger partial charge < -0.3 is 56.8 Å². The van der Waals surface area contributed by atoms with Gasteiger partial charge in [-0.3, -0.25) is 0 Å². The van der Waals surface area contributed by atoms with Crippen LogP contribution in [0.2, 0.25) is 0 Å². The Bertz CT molecular complexity index is 1300. The van der Waals surface area contributed by atoms with Gasteiger partial charge in [-0.2, -0.15) is 0 Å². The average Bonchev–Trinajstić information content (AvgIpc) is 3.14. The molecule has 0 aromatic heterocycles. The highest BCUT2D eigenvalue weighted by atomic mass is 16.9. The number of hydrogen-bond donors (Lipinski definition) is 0. The molecule has 0 spiro atoms. The Hall–Kier alpha value is -2.68. The molecule has 0 heterocycles. The molecular formula is C42H68O12. The molecule has 2 aromatic carbocycles. The minimum absolute atomic E-state index is 0.100. The maximum atomic E-state index is 6.29. The van der Waals surface area contributed by atoms with E-state index in [0.717, 1.165) is 36.8 Å². The van der Waals surface area contributed by atoms with Crippen molar-refractivity contribution < 1.29 is 56.8 Å². The standard InChI is InChI=1S/C42H68O12/c1-12-43-37(44-13-2)51-33-22-20-31(28-35(33)53-39(47-16-5)48-17-6)41(9,10)30-24-26-42(11,27-25-30)32-21-23-34(52-38(45-14-3)46-15-4)36(29-32)54-40(49-18-7)50-19-8/h20-23,28-30,37-40H,12-19,24-27H2,1-11H3. The van der Waals surface area contributed by atoms with Crippen molar-refractivity contribution in [1.29, 1.82) is 0 Å². The molecule has 2 aromatic rings. The van der Waals surface area contributed by atoms with Gasteiger partial charge in [-0.15, -0.1) is 0 Å². The highest BCUT2D eigenvalue weighted by molar-refractivity contribution is 5.47. The van der Waals surface area contributed by atoms with Crippen LogP contribution in [-0.4, -0.2) is 78.8 Å². The third-order valence-corrected chi connectivity index (χ3v) is 9.75. The second-order valence-electron chi connectivity index (χ2n) is 13.6. The van der Waals surface area contributed by atoms with Crippen LogP contribution in [0.1, 0.15) is 113 Å². The van der Waals surface area contributed by atoms with E-state index in [2.05, 4.69) is 32.9 Å². The predicted octanol–water partition coefficient (Wildman–Crippen LogP) is 9.05. The minimum Gasteiger partial charge on any atom is -0.437 e. The second-order valence-corrected chi connectivity index (χ2v) is 13.6. The predicted molar refractivity (Wildman–Crippen MR) is 206 cm³/mol. The van der Waals surface area contributed by atoms with E-state index in [1.807, 2.05) is 79.7 Å². The molecule has 0 aliphatic heterocycles. The first-order valence-corrected chi connectivity index (χ1v) is 19.9. The van der Waals surface area contributed by atoms with E-state index in [4.69, 9.17) is 56.8 Å². The summed E-state index contributed by atoms with van der Waals surface area (Å²) in [6.45, 7) is 22.1. The lowest BCUT2D eigenvalue weighted by Crippen LogP contribution is -2.37. The first-order chi connectivity index (χ1) is 26.0. The summed E-state index contributed by atoms with van der Waals surface area (Å²) in [6.07, 6.45) is 3.99. The molecule has 0 amide bonds. The summed E-state index contributed by atoms with van der Waals surface area (Å²) < 4.78 is 70.6. The lowest BCUT2D eigenvalue weighted by molar-refractivity contribution is -0.252. The highest BCUT2D eigenvalue weighted by Crippen LogP contribution is 2.50. The van der Waals surface area contributed by atoms with Crippen LogP contribution in [-0.2, 0) is 48.7 Å². The number of ether oxygens (including phenoxy) is 12. The van der Waals surface area contributed by atoms with Crippen LogP contribution in [0.5, 0.6) is 23.0 Å². The van der Waals surface area contributed by atoms with Gasteiger partial charge in [0.25, 0.3) is 0 Å². The molecule has 12 heteroatoms. The van der Waals surface area contributed by atoms with E-state index in [0.29, 0.717) is 81.8 Å². The van der Waals surface area contributed by atoms with Crippen molar-refractivity contribution in [3.63, 3.8) is 0 Å². The van der Waals surface area contributed by atoms with Crippen molar-refractivity contribution in [3.05, 3.63) is 47.5 Å². The lowest BCUT2D eigenvalue weighted by Gasteiger charge is -2.44. The first kappa shape index (κ1) is 45.7. The molecule has 0 unspecified atom stereocenters. The van der Waals surface area contributed by atoms with Crippen molar-refractivity contribution in [3.8, 4) is 23.0 Å². The Morgan fingerprint density at radius 3 is 1.20 bits per heavy atom. The van der Waals surface area contributed by atoms with Gasteiger partial charge in [0, 0.05) is 0 Å². The van der Waals surface area contributed by atoms with Gasteiger partial charge in [0.2, 0.25) is 0 Å². The van der Waals surface area contributed by atoms with Gasteiger partial charge in [-0.25, -0.2) is 0 Å². The van der Waals surface area contributed by atoms with Gasteiger partial charge in [0.1, 0.15) is 0 Å². The Kier molecular flexibility index (Phi) is 19.8. The molecule has 308 valence electrons. The molecule has 1 saturated carbocycles. The molecule has 54 heavy (non-hydrogen) atoms. The van der Waals surface area contributed by atoms with E-state index < -0.39 is 25.9 Å². The topological polar surface area (TPSA) is 111 Å². The fourth-order valence-electron chi connectivity index (χ4n) is 6.64. The SMILES string of the molecule is CCOC(OCC)Oc1ccc(C2(C)CCC(C(C)(C)c3ccc(OC(OCC)OCC)c(OC(OCC)OCC)c3)CC2)cc1OC(OCC)OCC. The molecule has 0 radical (unpaired) electrons. The first-order valence-electron chi connectivity index (χ1n) is 19.9. The summed E-state index contributed by atoms with van der Waals surface area (Å²) >= 11 is 0. The normalized spacial score (nSPS) is 17.9. The summed E-state index contributed by atoms with van der Waals surface area (Å²) in [6, 6.07) is 12.2. The molecule has 3 rings (SSSR count). The van der Waals surface area contributed by atoms with Gasteiger partial charge in [-0.1, -0.05) is 32.9 Å². The van der Waals surface area contributed by atoms with Crippen molar-refractivity contribution in [1.82, 2.24) is 0 Å². The fraction of sp³-hybridized carbons (Fsp3) is 0.714. The molecule has 1 aliphatic rings. The van der Waals surface area contributed by atoms with Crippen LogP contribution in [0.15, 0.2) is 36.4 Å². The Morgan fingerprint density at radius 1 is 0.500 bits per heavy atom. The van der Waals surface area contributed by atoms with Crippen LogP contribution < -0.4 is 18.9 Å². The number of rotatable bonds is 27. The van der Waals surface area contributed by atoms with Crippen LogP contribution in [0.25, 0.3) is 0 Å². The van der Waals surface area contributed by atoms with Gasteiger partial charge in [0.05, 0.1) is 52.9 Å². The quantitative estimate of drug-likeness (QED) is 0.0810. The molecule has 1 aliphatic carbocycles. The van der Waals surface area contributed by atoms with Gasteiger partial charge in [0.15, 0.2) is 23.0 Å². The minimum atomic E-state index is -0.888. The maximum absolute atomic E-state index is 6.29. The summed E-state index contributed by atoms with van der Waals surface area (Å²) in [5.41, 5.74) is 2.00. The smallest absolute Gasteiger partial charge is 0.316 e. The molecule has 12 nitrogen and oxygen atoms in total. The summed E-state index contributed by atoms with van der Waals surface area (Å²) in [4.78, 5) is 0. The van der Waals surface area contributed by atoms with Crippen LogP contribution in [0.4, 0.5) is 0 Å². The van der Waals surface area contributed by atoms with Crippen molar-refractivity contribution in [2.45, 2.75) is 139 Å².